The summed E-state index contributed by atoms with van der Waals surface area (Å²) in [5.74, 6) is 0.587. The molecule has 0 atom stereocenters. The molecule has 0 aliphatic heterocycles. The SMILES string of the molecule is CCc1c(C(=O)N(C)Cc2cc(C#N)cs2)cnn1CCC(C)C. The summed E-state index contributed by atoms with van der Waals surface area (Å²) in [6, 6.07) is 3.95. The van der Waals surface area contributed by atoms with Crippen LogP contribution >= 0.6 is 11.3 Å². The highest BCUT2D eigenvalue weighted by Crippen LogP contribution is 2.19. The van der Waals surface area contributed by atoms with E-state index in [1.54, 1.807) is 18.1 Å². The molecule has 2 rings (SSSR count). The molecular weight excluding hydrogens is 320 g/mol. The first-order valence-corrected chi connectivity index (χ1v) is 9.11. The Morgan fingerprint density at radius 2 is 2.25 bits per heavy atom. The molecule has 0 radical (unpaired) electrons. The summed E-state index contributed by atoms with van der Waals surface area (Å²) < 4.78 is 1.96. The molecule has 5 nitrogen and oxygen atoms in total. The molecule has 24 heavy (non-hydrogen) atoms. The van der Waals surface area contributed by atoms with Gasteiger partial charge in [0.1, 0.15) is 6.07 Å². The molecule has 0 unspecified atom stereocenters. The van der Waals surface area contributed by atoms with Crippen LogP contribution < -0.4 is 0 Å². The molecule has 0 spiro atoms. The maximum Gasteiger partial charge on any atom is 0.257 e. The van der Waals surface area contributed by atoms with Crippen LogP contribution in [0.5, 0.6) is 0 Å². The van der Waals surface area contributed by atoms with Crippen molar-refractivity contribution in [1.82, 2.24) is 14.7 Å². The van der Waals surface area contributed by atoms with Gasteiger partial charge in [-0.1, -0.05) is 20.8 Å². The van der Waals surface area contributed by atoms with E-state index < -0.39 is 0 Å². The van der Waals surface area contributed by atoms with Crippen LogP contribution in [0.1, 0.15) is 53.7 Å². The van der Waals surface area contributed by atoms with Crippen molar-refractivity contribution in [2.45, 2.75) is 46.7 Å². The van der Waals surface area contributed by atoms with Gasteiger partial charge in [-0.2, -0.15) is 10.4 Å². The fourth-order valence-corrected chi connectivity index (χ4v) is 3.43. The molecule has 6 heteroatoms. The van der Waals surface area contributed by atoms with E-state index in [0.717, 1.165) is 30.0 Å². The van der Waals surface area contributed by atoms with Gasteiger partial charge >= 0.3 is 0 Å². The number of rotatable bonds is 7. The highest BCUT2D eigenvalue weighted by atomic mass is 32.1. The number of thiophene rings is 1. The molecule has 128 valence electrons. The first-order valence-electron chi connectivity index (χ1n) is 8.23. The van der Waals surface area contributed by atoms with Gasteiger partial charge in [-0.3, -0.25) is 9.48 Å². The molecule has 0 fully saturated rings. The van der Waals surface area contributed by atoms with Gasteiger partial charge in [0.2, 0.25) is 0 Å². The van der Waals surface area contributed by atoms with Crippen LogP contribution in [0.3, 0.4) is 0 Å². The molecule has 0 saturated carbocycles. The Bertz CT molecular complexity index is 739. The zero-order chi connectivity index (χ0) is 17.7. The van der Waals surface area contributed by atoms with Crippen molar-refractivity contribution in [2.75, 3.05) is 7.05 Å². The number of aromatic nitrogens is 2. The molecule has 0 aliphatic rings. The molecule has 2 aromatic rings. The Morgan fingerprint density at radius 1 is 1.50 bits per heavy atom. The number of hydrogen-bond donors (Lipinski definition) is 0. The zero-order valence-corrected chi connectivity index (χ0v) is 15.6. The lowest BCUT2D eigenvalue weighted by Crippen LogP contribution is -2.26. The van der Waals surface area contributed by atoms with E-state index in [9.17, 15) is 4.79 Å². The second-order valence-electron chi connectivity index (χ2n) is 6.34. The average Bonchev–Trinajstić information content (AvgIpc) is 3.17. The van der Waals surface area contributed by atoms with Crippen LogP contribution in [0, 0.1) is 17.2 Å². The fraction of sp³-hybridized carbons (Fsp3) is 0.500. The third kappa shape index (κ3) is 4.24. The van der Waals surface area contributed by atoms with E-state index in [1.165, 1.54) is 11.3 Å². The maximum atomic E-state index is 12.8. The van der Waals surface area contributed by atoms with Gasteiger partial charge < -0.3 is 4.90 Å². The predicted octanol–water partition coefficient (Wildman–Crippen LogP) is 3.70. The van der Waals surface area contributed by atoms with Gasteiger partial charge in [-0.25, -0.2) is 0 Å². The number of nitriles is 1. The van der Waals surface area contributed by atoms with Crippen molar-refractivity contribution in [3.05, 3.63) is 39.3 Å². The molecule has 1 amide bonds. The van der Waals surface area contributed by atoms with Gasteiger partial charge in [-0.15, -0.1) is 11.3 Å². The molecule has 2 aromatic heterocycles. The molecule has 0 aliphatic carbocycles. The van der Waals surface area contributed by atoms with Crippen LogP contribution in [-0.4, -0.2) is 27.6 Å². The van der Waals surface area contributed by atoms with Crippen molar-refractivity contribution in [1.29, 1.82) is 5.26 Å². The molecule has 2 heterocycles. The Kier molecular flexibility index (Phi) is 6.16. The van der Waals surface area contributed by atoms with Gasteiger partial charge in [-0.05, 0) is 24.8 Å². The van der Waals surface area contributed by atoms with Crippen molar-refractivity contribution >= 4 is 17.2 Å². The summed E-state index contributed by atoms with van der Waals surface area (Å²) in [5.41, 5.74) is 2.32. The Balaban J connectivity index is 2.12. The number of amides is 1. The van der Waals surface area contributed by atoms with Crippen LogP contribution in [0.2, 0.25) is 0 Å². The van der Waals surface area contributed by atoms with Crippen molar-refractivity contribution in [3.63, 3.8) is 0 Å². The summed E-state index contributed by atoms with van der Waals surface area (Å²) in [6.45, 7) is 7.77. The van der Waals surface area contributed by atoms with Crippen LogP contribution in [0.15, 0.2) is 17.6 Å². The Morgan fingerprint density at radius 3 is 2.83 bits per heavy atom. The molecule has 0 saturated heterocycles. The average molecular weight is 344 g/mol. The van der Waals surface area contributed by atoms with E-state index in [0.29, 0.717) is 23.6 Å². The van der Waals surface area contributed by atoms with Crippen molar-refractivity contribution < 1.29 is 4.79 Å². The second kappa shape index (κ2) is 8.11. The largest absolute Gasteiger partial charge is 0.336 e. The van der Waals surface area contributed by atoms with E-state index in [-0.39, 0.29) is 5.91 Å². The predicted molar refractivity (Wildman–Crippen MR) is 95.9 cm³/mol. The summed E-state index contributed by atoms with van der Waals surface area (Å²) >= 11 is 1.50. The standard InChI is InChI=1S/C18H24N4OS/c1-5-17-16(10-20-22(17)7-6-13(2)3)18(23)21(4)11-15-8-14(9-19)12-24-15/h8,10,12-13H,5-7,11H2,1-4H3. The minimum Gasteiger partial charge on any atom is -0.336 e. The lowest BCUT2D eigenvalue weighted by molar-refractivity contribution is 0.0785. The fourth-order valence-electron chi connectivity index (χ4n) is 2.57. The number of nitrogens with zero attached hydrogens (tertiary/aromatic N) is 4. The third-order valence-corrected chi connectivity index (χ3v) is 4.88. The van der Waals surface area contributed by atoms with Gasteiger partial charge in [0.15, 0.2) is 0 Å². The normalized spacial score (nSPS) is 10.8. The summed E-state index contributed by atoms with van der Waals surface area (Å²) in [5, 5.41) is 15.1. The Labute approximate surface area is 147 Å². The van der Waals surface area contributed by atoms with Gasteiger partial charge in [0, 0.05) is 23.8 Å². The zero-order valence-electron chi connectivity index (χ0n) is 14.7. The highest BCUT2D eigenvalue weighted by Gasteiger charge is 2.20. The summed E-state index contributed by atoms with van der Waals surface area (Å²) in [7, 11) is 1.79. The maximum absolute atomic E-state index is 12.8. The van der Waals surface area contributed by atoms with Crippen molar-refractivity contribution in [2.24, 2.45) is 5.92 Å². The van der Waals surface area contributed by atoms with Crippen molar-refractivity contribution in [3.8, 4) is 6.07 Å². The molecule has 0 bridgehead atoms. The minimum absolute atomic E-state index is 0.0189. The summed E-state index contributed by atoms with van der Waals surface area (Å²) in [4.78, 5) is 15.5. The lowest BCUT2D eigenvalue weighted by atomic mass is 10.1. The van der Waals surface area contributed by atoms with E-state index in [2.05, 4.69) is 31.9 Å². The number of hydrogen-bond acceptors (Lipinski definition) is 4. The summed E-state index contributed by atoms with van der Waals surface area (Å²) in [6.07, 6.45) is 3.52. The topological polar surface area (TPSA) is 61.9 Å². The number of aryl methyl sites for hydroxylation is 1. The highest BCUT2D eigenvalue weighted by molar-refractivity contribution is 7.10. The molecule has 0 N–H and O–H groups in total. The Hall–Kier alpha value is -2.13. The van der Waals surface area contributed by atoms with Crippen LogP contribution in [-0.2, 0) is 19.5 Å². The van der Waals surface area contributed by atoms with Gasteiger partial charge in [0.25, 0.3) is 5.91 Å². The third-order valence-electron chi connectivity index (χ3n) is 3.95. The van der Waals surface area contributed by atoms with Crippen LogP contribution in [0.4, 0.5) is 0 Å². The first kappa shape index (κ1) is 18.2. The second-order valence-corrected chi connectivity index (χ2v) is 7.33. The number of carbonyl (C=O) groups is 1. The monoisotopic (exact) mass is 344 g/mol. The van der Waals surface area contributed by atoms with Gasteiger partial charge in [0.05, 0.1) is 29.6 Å². The minimum atomic E-state index is -0.0189. The van der Waals surface area contributed by atoms with E-state index in [1.807, 2.05) is 16.1 Å². The quantitative estimate of drug-likeness (QED) is 0.769. The molecular formula is C18H24N4OS. The first-order chi connectivity index (χ1) is 11.5. The van der Waals surface area contributed by atoms with Crippen LogP contribution in [0.25, 0.3) is 0 Å². The smallest absolute Gasteiger partial charge is 0.257 e. The van der Waals surface area contributed by atoms with E-state index in [4.69, 9.17) is 5.26 Å². The molecule has 0 aromatic carbocycles. The number of carbonyl (C=O) groups excluding carboxylic acids is 1. The van der Waals surface area contributed by atoms with E-state index >= 15 is 0 Å². The lowest BCUT2D eigenvalue weighted by Gasteiger charge is -2.16.